The van der Waals surface area contributed by atoms with E-state index >= 15 is 0 Å². The van der Waals surface area contributed by atoms with Crippen molar-refractivity contribution in [2.24, 2.45) is 0 Å². The lowest BCUT2D eigenvalue weighted by Crippen LogP contribution is -2.16. The van der Waals surface area contributed by atoms with Crippen LogP contribution in [0.2, 0.25) is 0 Å². The first-order chi connectivity index (χ1) is 7.77. The first kappa shape index (κ1) is 13.1. The lowest BCUT2D eigenvalue weighted by atomic mass is 10.3. The summed E-state index contributed by atoms with van der Waals surface area (Å²) in [5, 5.41) is 1.47. The van der Waals surface area contributed by atoms with Crippen molar-refractivity contribution < 1.29 is 9.47 Å². The van der Waals surface area contributed by atoms with Crippen molar-refractivity contribution in [3.8, 4) is 0 Å². The van der Waals surface area contributed by atoms with E-state index in [1.54, 1.807) is 0 Å². The second kappa shape index (κ2) is 6.53. The van der Waals surface area contributed by atoms with Crippen LogP contribution in [0, 0.1) is 0 Å². The Bertz CT molecular complexity index is 191. The molecule has 2 saturated heterocycles. The molecule has 0 spiro atoms. The maximum absolute atomic E-state index is 5.57. The van der Waals surface area contributed by atoms with Gasteiger partial charge in [-0.2, -0.15) is 23.5 Å². The van der Waals surface area contributed by atoms with Gasteiger partial charge in [-0.05, 0) is 26.7 Å². The molecule has 2 rings (SSSR count). The predicted octanol–water partition coefficient (Wildman–Crippen LogP) is 2.81. The van der Waals surface area contributed by atoms with Gasteiger partial charge in [-0.3, -0.25) is 0 Å². The molecular formula is C12H22O2S2. The van der Waals surface area contributed by atoms with Crippen LogP contribution < -0.4 is 0 Å². The SMILES string of the molecule is C[C@@H]1OCC[C@@H]1SCCS[C@@H]1CCO[C@@H]1C. The first-order valence-corrected chi connectivity index (χ1v) is 8.33. The maximum atomic E-state index is 5.57. The Hall–Kier alpha value is 0.620. The number of hydrogen-bond acceptors (Lipinski definition) is 4. The summed E-state index contributed by atoms with van der Waals surface area (Å²) in [6, 6.07) is 0. The van der Waals surface area contributed by atoms with Crippen LogP contribution in [0.5, 0.6) is 0 Å². The standard InChI is InChI=1S/C12H22O2S2/c1-9-11(3-5-13-9)15-7-8-16-12-4-6-14-10(12)2/h9-12H,3-8H2,1-2H3/t9-,10+,11-,12+. The average molecular weight is 262 g/mol. The molecule has 2 nitrogen and oxygen atoms in total. The zero-order valence-corrected chi connectivity index (χ0v) is 11.8. The van der Waals surface area contributed by atoms with Gasteiger partial charge in [0.1, 0.15) is 0 Å². The van der Waals surface area contributed by atoms with E-state index in [1.165, 1.54) is 24.3 Å². The third-order valence-electron chi connectivity index (χ3n) is 3.36. The van der Waals surface area contributed by atoms with Crippen LogP contribution in [0.3, 0.4) is 0 Å². The molecule has 0 amide bonds. The third kappa shape index (κ3) is 3.56. The van der Waals surface area contributed by atoms with Gasteiger partial charge in [-0.15, -0.1) is 0 Å². The lowest BCUT2D eigenvalue weighted by Gasteiger charge is -2.15. The smallest absolute Gasteiger partial charge is 0.0666 e. The van der Waals surface area contributed by atoms with Crippen LogP contribution in [0.4, 0.5) is 0 Å². The highest BCUT2D eigenvalue weighted by atomic mass is 32.2. The second-order valence-corrected chi connectivity index (χ2v) is 7.24. The summed E-state index contributed by atoms with van der Waals surface area (Å²) in [6.45, 7) is 6.31. The molecule has 0 aromatic rings. The fourth-order valence-corrected chi connectivity index (χ4v) is 4.86. The van der Waals surface area contributed by atoms with Gasteiger partial charge in [0.2, 0.25) is 0 Å². The molecule has 0 aliphatic carbocycles. The summed E-state index contributed by atoms with van der Waals surface area (Å²) in [5.74, 6) is 2.51. The summed E-state index contributed by atoms with van der Waals surface area (Å²) < 4.78 is 11.1. The number of thioether (sulfide) groups is 2. The Morgan fingerprint density at radius 1 is 0.875 bits per heavy atom. The van der Waals surface area contributed by atoms with Gasteiger partial charge in [0, 0.05) is 35.2 Å². The fraction of sp³-hybridized carbons (Fsp3) is 1.00. The molecule has 0 aromatic carbocycles. The first-order valence-electron chi connectivity index (χ1n) is 6.24. The molecule has 0 N–H and O–H groups in total. The second-order valence-electron chi connectivity index (χ2n) is 4.55. The molecule has 4 heteroatoms. The Balaban J connectivity index is 1.54. The van der Waals surface area contributed by atoms with E-state index in [0.717, 1.165) is 23.7 Å². The fourth-order valence-electron chi connectivity index (χ4n) is 2.26. The predicted molar refractivity (Wildman–Crippen MR) is 72.6 cm³/mol. The molecule has 2 aliphatic rings. The van der Waals surface area contributed by atoms with Crippen molar-refractivity contribution in [3.63, 3.8) is 0 Å². The molecule has 0 unspecified atom stereocenters. The molecule has 16 heavy (non-hydrogen) atoms. The minimum Gasteiger partial charge on any atom is -0.377 e. The van der Waals surface area contributed by atoms with Crippen LogP contribution in [-0.2, 0) is 9.47 Å². The Kier molecular flexibility index (Phi) is 5.33. The van der Waals surface area contributed by atoms with Crippen LogP contribution in [0.15, 0.2) is 0 Å². The van der Waals surface area contributed by atoms with Crippen molar-refractivity contribution in [3.05, 3.63) is 0 Å². The molecule has 2 fully saturated rings. The highest BCUT2D eigenvalue weighted by molar-refractivity contribution is 8.03. The van der Waals surface area contributed by atoms with Crippen LogP contribution in [0.25, 0.3) is 0 Å². The van der Waals surface area contributed by atoms with Crippen molar-refractivity contribution in [1.82, 2.24) is 0 Å². The summed E-state index contributed by atoms with van der Waals surface area (Å²) in [6.07, 6.45) is 3.39. The van der Waals surface area contributed by atoms with E-state index < -0.39 is 0 Å². The van der Waals surface area contributed by atoms with Crippen molar-refractivity contribution in [2.45, 2.75) is 49.4 Å². The van der Waals surface area contributed by atoms with Gasteiger partial charge >= 0.3 is 0 Å². The van der Waals surface area contributed by atoms with Gasteiger partial charge < -0.3 is 9.47 Å². The Morgan fingerprint density at radius 3 is 1.62 bits per heavy atom. The number of rotatable bonds is 5. The summed E-state index contributed by atoms with van der Waals surface area (Å²) in [5.41, 5.74) is 0. The monoisotopic (exact) mass is 262 g/mol. The minimum atomic E-state index is 0.462. The molecule has 0 saturated carbocycles. The van der Waals surface area contributed by atoms with Crippen LogP contribution in [0.1, 0.15) is 26.7 Å². The number of ether oxygens (including phenoxy) is 2. The van der Waals surface area contributed by atoms with Gasteiger partial charge in [-0.1, -0.05) is 0 Å². The molecular weight excluding hydrogens is 240 g/mol. The topological polar surface area (TPSA) is 18.5 Å². The summed E-state index contributed by atoms with van der Waals surface area (Å²) in [4.78, 5) is 0. The summed E-state index contributed by atoms with van der Waals surface area (Å²) >= 11 is 4.18. The highest BCUT2D eigenvalue weighted by Crippen LogP contribution is 2.30. The van der Waals surface area contributed by atoms with Crippen molar-refractivity contribution in [2.75, 3.05) is 24.7 Å². The Morgan fingerprint density at radius 2 is 1.31 bits per heavy atom. The van der Waals surface area contributed by atoms with Crippen molar-refractivity contribution >= 4 is 23.5 Å². The molecule has 2 heterocycles. The molecule has 2 aliphatic heterocycles. The third-order valence-corrected chi connectivity index (χ3v) is 6.59. The zero-order valence-electron chi connectivity index (χ0n) is 10.2. The Labute approximate surface area is 107 Å². The highest BCUT2D eigenvalue weighted by Gasteiger charge is 2.26. The normalized spacial score (nSPS) is 39.4. The van der Waals surface area contributed by atoms with Crippen LogP contribution >= 0.6 is 23.5 Å². The molecule has 0 radical (unpaired) electrons. The van der Waals surface area contributed by atoms with E-state index in [-0.39, 0.29) is 0 Å². The average Bonchev–Trinajstić information content (AvgIpc) is 2.84. The van der Waals surface area contributed by atoms with E-state index in [2.05, 4.69) is 37.4 Å². The van der Waals surface area contributed by atoms with Crippen molar-refractivity contribution in [1.29, 1.82) is 0 Å². The minimum absolute atomic E-state index is 0.462. The van der Waals surface area contributed by atoms with E-state index in [9.17, 15) is 0 Å². The lowest BCUT2D eigenvalue weighted by molar-refractivity contribution is 0.127. The molecule has 0 aromatic heterocycles. The van der Waals surface area contributed by atoms with Gasteiger partial charge in [-0.25, -0.2) is 0 Å². The largest absolute Gasteiger partial charge is 0.377 e. The summed E-state index contributed by atoms with van der Waals surface area (Å²) in [7, 11) is 0. The van der Waals surface area contributed by atoms with Gasteiger partial charge in [0.25, 0.3) is 0 Å². The number of hydrogen-bond donors (Lipinski definition) is 0. The maximum Gasteiger partial charge on any atom is 0.0666 e. The molecule has 4 atom stereocenters. The quantitative estimate of drug-likeness (QED) is 0.709. The van der Waals surface area contributed by atoms with Crippen LogP contribution in [-0.4, -0.2) is 47.4 Å². The van der Waals surface area contributed by atoms with E-state index in [4.69, 9.17) is 9.47 Å². The molecule has 94 valence electrons. The molecule has 0 bridgehead atoms. The van der Waals surface area contributed by atoms with Gasteiger partial charge in [0.15, 0.2) is 0 Å². The zero-order chi connectivity index (χ0) is 11.4. The van der Waals surface area contributed by atoms with E-state index in [1.807, 2.05) is 0 Å². The van der Waals surface area contributed by atoms with E-state index in [0.29, 0.717) is 12.2 Å². The van der Waals surface area contributed by atoms with Gasteiger partial charge in [0.05, 0.1) is 12.2 Å².